The van der Waals surface area contributed by atoms with Gasteiger partial charge in [-0.05, 0) is 18.2 Å². The summed E-state index contributed by atoms with van der Waals surface area (Å²) in [5.41, 5.74) is 1.54. The number of ketones is 1. The molecule has 0 aromatic heterocycles. The summed E-state index contributed by atoms with van der Waals surface area (Å²) in [6.07, 6.45) is 0. The second kappa shape index (κ2) is 6.52. The van der Waals surface area contributed by atoms with Gasteiger partial charge in [0.25, 0.3) is 0 Å². The summed E-state index contributed by atoms with van der Waals surface area (Å²) in [6.45, 7) is 0.497. The Bertz CT molecular complexity index is 741. The van der Waals surface area contributed by atoms with Crippen LogP contribution in [0.1, 0.15) is 15.9 Å². The van der Waals surface area contributed by atoms with E-state index in [1.807, 2.05) is 30.3 Å². The standard InChI is InChI=1S/C18H18N2O3/c1-22-15-9-8-13(10-16(15)23-2)17(21)14-11-19-18(20-14)12-6-4-3-5-7-12/h3-10,14H,11H2,1-2H3,(H,19,20). The van der Waals surface area contributed by atoms with Crippen LogP contribution in [0.4, 0.5) is 0 Å². The molecular formula is C18H18N2O3. The van der Waals surface area contributed by atoms with Gasteiger partial charge >= 0.3 is 0 Å². The molecule has 0 radical (unpaired) electrons. The summed E-state index contributed by atoms with van der Waals surface area (Å²) in [6, 6.07) is 14.5. The number of hydrogen-bond donors (Lipinski definition) is 1. The predicted octanol–water partition coefficient (Wildman–Crippen LogP) is 2.31. The Balaban J connectivity index is 1.83. The van der Waals surface area contributed by atoms with Crippen molar-refractivity contribution in [3.8, 4) is 11.5 Å². The van der Waals surface area contributed by atoms with E-state index in [0.717, 1.165) is 11.4 Å². The molecule has 2 aromatic rings. The van der Waals surface area contributed by atoms with Crippen LogP contribution < -0.4 is 14.8 Å². The van der Waals surface area contributed by atoms with E-state index in [4.69, 9.17) is 9.47 Å². The summed E-state index contributed by atoms with van der Waals surface area (Å²) in [4.78, 5) is 17.2. The molecule has 0 amide bonds. The lowest BCUT2D eigenvalue weighted by atomic mass is 10.0. The van der Waals surface area contributed by atoms with E-state index in [0.29, 0.717) is 23.6 Å². The first-order valence-corrected chi connectivity index (χ1v) is 7.36. The van der Waals surface area contributed by atoms with Crippen molar-refractivity contribution >= 4 is 11.6 Å². The maximum Gasteiger partial charge on any atom is 0.189 e. The molecule has 0 bridgehead atoms. The molecule has 0 spiro atoms. The van der Waals surface area contributed by atoms with Crippen LogP contribution in [0.2, 0.25) is 0 Å². The second-order valence-electron chi connectivity index (χ2n) is 5.17. The fraction of sp³-hybridized carbons (Fsp3) is 0.222. The number of benzene rings is 2. The average Bonchev–Trinajstić information content (AvgIpc) is 3.11. The Kier molecular flexibility index (Phi) is 4.28. The highest BCUT2D eigenvalue weighted by Crippen LogP contribution is 2.28. The number of amidine groups is 1. The van der Waals surface area contributed by atoms with Crippen LogP contribution in [0.5, 0.6) is 11.5 Å². The number of aliphatic imine (C=N–C) groups is 1. The quantitative estimate of drug-likeness (QED) is 0.861. The van der Waals surface area contributed by atoms with Gasteiger partial charge in [0.05, 0.1) is 14.2 Å². The molecule has 0 saturated carbocycles. The molecule has 0 fully saturated rings. The Hall–Kier alpha value is -2.82. The topological polar surface area (TPSA) is 59.9 Å². The molecule has 118 valence electrons. The molecule has 1 unspecified atom stereocenters. The Morgan fingerprint density at radius 1 is 1.09 bits per heavy atom. The summed E-state index contributed by atoms with van der Waals surface area (Å²) in [7, 11) is 3.12. The number of Topliss-reactive ketones (excluding diaryl/α,β-unsaturated/α-hetero) is 1. The molecule has 1 aliphatic rings. The van der Waals surface area contributed by atoms with Gasteiger partial charge in [-0.2, -0.15) is 0 Å². The van der Waals surface area contributed by atoms with Gasteiger partial charge in [0.1, 0.15) is 11.9 Å². The molecule has 3 rings (SSSR count). The van der Waals surface area contributed by atoms with Gasteiger partial charge in [-0.15, -0.1) is 0 Å². The maximum atomic E-state index is 12.6. The minimum atomic E-state index is -0.427. The lowest BCUT2D eigenvalue weighted by Gasteiger charge is -2.10. The van der Waals surface area contributed by atoms with Crippen molar-refractivity contribution in [2.75, 3.05) is 20.8 Å². The van der Waals surface area contributed by atoms with Gasteiger partial charge in [-0.25, -0.2) is 0 Å². The van der Waals surface area contributed by atoms with Crippen molar-refractivity contribution in [2.45, 2.75) is 6.04 Å². The zero-order chi connectivity index (χ0) is 16.2. The SMILES string of the molecule is COc1ccc(C(=O)C2CNC(c3ccccc3)=N2)cc1OC. The first-order chi connectivity index (χ1) is 11.2. The van der Waals surface area contributed by atoms with Crippen molar-refractivity contribution in [2.24, 2.45) is 4.99 Å². The van der Waals surface area contributed by atoms with Gasteiger partial charge in [0.15, 0.2) is 17.3 Å². The molecule has 1 atom stereocenters. The summed E-state index contributed by atoms with van der Waals surface area (Å²) < 4.78 is 10.4. The van der Waals surface area contributed by atoms with E-state index >= 15 is 0 Å². The molecule has 1 aliphatic heterocycles. The third-order valence-electron chi connectivity index (χ3n) is 3.77. The van der Waals surface area contributed by atoms with Gasteiger partial charge < -0.3 is 14.8 Å². The number of ether oxygens (including phenoxy) is 2. The Morgan fingerprint density at radius 3 is 2.52 bits per heavy atom. The van der Waals surface area contributed by atoms with Crippen molar-refractivity contribution in [3.63, 3.8) is 0 Å². The van der Waals surface area contributed by atoms with Crippen molar-refractivity contribution in [1.82, 2.24) is 5.32 Å². The maximum absolute atomic E-state index is 12.6. The number of rotatable bonds is 5. The van der Waals surface area contributed by atoms with Crippen LogP contribution in [-0.2, 0) is 0 Å². The molecule has 0 saturated heterocycles. The minimum absolute atomic E-state index is 0.0376. The monoisotopic (exact) mass is 310 g/mol. The first-order valence-electron chi connectivity index (χ1n) is 7.36. The third kappa shape index (κ3) is 3.04. The van der Waals surface area contributed by atoms with E-state index < -0.39 is 6.04 Å². The molecular weight excluding hydrogens is 292 g/mol. The molecule has 23 heavy (non-hydrogen) atoms. The average molecular weight is 310 g/mol. The van der Waals surface area contributed by atoms with Crippen LogP contribution in [0.3, 0.4) is 0 Å². The molecule has 5 heteroatoms. The van der Waals surface area contributed by atoms with Crippen LogP contribution >= 0.6 is 0 Å². The second-order valence-corrected chi connectivity index (χ2v) is 5.17. The number of carbonyl (C=O) groups is 1. The van der Waals surface area contributed by atoms with E-state index in [-0.39, 0.29) is 5.78 Å². The van der Waals surface area contributed by atoms with E-state index in [9.17, 15) is 4.79 Å². The fourth-order valence-corrected chi connectivity index (χ4v) is 2.55. The van der Waals surface area contributed by atoms with Crippen LogP contribution in [-0.4, -0.2) is 38.4 Å². The normalized spacial score (nSPS) is 16.4. The summed E-state index contributed by atoms with van der Waals surface area (Å²) in [5.74, 6) is 1.85. The Morgan fingerprint density at radius 2 is 1.83 bits per heavy atom. The highest BCUT2D eigenvalue weighted by molar-refractivity contribution is 6.07. The molecule has 0 aliphatic carbocycles. The van der Waals surface area contributed by atoms with Gasteiger partial charge in [0, 0.05) is 17.7 Å². The smallest absolute Gasteiger partial charge is 0.189 e. The highest BCUT2D eigenvalue weighted by atomic mass is 16.5. The number of hydrogen-bond acceptors (Lipinski definition) is 5. The van der Waals surface area contributed by atoms with Gasteiger partial charge in [0.2, 0.25) is 0 Å². The predicted molar refractivity (Wildman–Crippen MR) is 88.6 cm³/mol. The van der Waals surface area contributed by atoms with Gasteiger partial charge in [-0.3, -0.25) is 9.79 Å². The molecule has 1 N–H and O–H groups in total. The number of carbonyl (C=O) groups excluding carboxylic acids is 1. The Labute approximate surface area is 135 Å². The lowest BCUT2D eigenvalue weighted by molar-refractivity contribution is 0.0966. The largest absolute Gasteiger partial charge is 0.493 e. The van der Waals surface area contributed by atoms with Crippen molar-refractivity contribution < 1.29 is 14.3 Å². The number of methoxy groups -OCH3 is 2. The van der Waals surface area contributed by atoms with Crippen LogP contribution in [0, 0.1) is 0 Å². The van der Waals surface area contributed by atoms with Crippen LogP contribution in [0.25, 0.3) is 0 Å². The summed E-state index contributed by atoms with van der Waals surface area (Å²) in [5, 5.41) is 3.20. The molecule has 5 nitrogen and oxygen atoms in total. The zero-order valence-corrected chi connectivity index (χ0v) is 13.1. The number of nitrogens with one attached hydrogen (secondary N) is 1. The van der Waals surface area contributed by atoms with E-state index in [1.165, 1.54) is 0 Å². The summed E-state index contributed by atoms with van der Waals surface area (Å²) >= 11 is 0. The highest BCUT2D eigenvalue weighted by Gasteiger charge is 2.26. The molecule has 2 aromatic carbocycles. The van der Waals surface area contributed by atoms with Crippen LogP contribution in [0.15, 0.2) is 53.5 Å². The molecule has 1 heterocycles. The zero-order valence-electron chi connectivity index (χ0n) is 13.1. The van der Waals surface area contributed by atoms with Crippen molar-refractivity contribution in [3.05, 3.63) is 59.7 Å². The minimum Gasteiger partial charge on any atom is -0.493 e. The first kappa shape index (κ1) is 15.1. The number of nitrogens with zero attached hydrogens (tertiary/aromatic N) is 1. The van der Waals surface area contributed by atoms with E-state index in [1.54, 1.807) is 32.4 Å². The third-order valence-corrected chi connectivity index (χ3v) is 3.77. The van der Waals surface area contributed by atoms with Gasteiger partial charge in [-0.1, -0.05) is 30.3 Å². The van der Waals surface area contributed by atoms with E-state index in [2.05, 4.69) is 10.3 Å². The lowest BCUT2D eigenvalue weighted by Crippen LogP contribution is -2.26. The van der Waals surface area contributed by atoms with Crippen molar-refractivity contribution in [1.29, 1.82) is 0 Å². The fourth-order valence-electron chi connectivity index (χ4n) is 2.55.